The van der Waals surface area contributed by atoms with Crippen molar-refractivity contribution in [3.63, 3.8) is 0 Å². The van der Waals surface area contributed by atoms with Crippen LogP contribution < -0.4 is 5.32 Å². The second-order valence-corrected chi connectivity index (χ2v) is 7.87. The number of thiophene rings is 1. The third-order valence-corrected chi connectivity index (χ3v) is 5.87. The highest BCUT2D eigenvalue weighted by Gasteiger charge is 2.21. The van der Waals surface area contributed by atoms with Gasteiger partial charge in [-0.2, -0.15) is 0 Å². The van der Waals surface area contributed by atoms with E-state index in [-0.39, 0.29) is 6.03 Å². The van der Waals surface area contributed by atoms with Crippen molar-refractivity contribution < 1.29 is 14.3 Å². The molecule has 30 heavy (non-hydrogen) atoms. The average molecular weight is 417 g/mol. The molecule has 0 atom stereocenters. The molecule has 5 nitrogen and oxygen atoms in total. The molecule has 0 saturated carbocycles. The fourth-order valence-corrected chi connectivity index (χ4v) is 4.17. The number of rotatable bonds is 2. The Bertz CT molecular complexity index is 1160. The van der Waals surface area contributed by atoms with Crippen molar-refractivity contribution in [2.24, 2.45) is 0 Å². The molecule has 6 heteroatoms. The smallest absolute Gasteiger partial charge is 0.337 e. The number of carbonyl (C=O) groups excluding carboxylic acids is 2. The van der Waals surface area contributed by atoms with E-state index >= 15 is 0 Å². The van der Waals surface area contributed by atoms with Crippen LogP contribution in [0, 0.1) is 11.8 Å². The number of nitrogens with one attached hydrogen (secondary N) is 1. The second kappa shape index (κ2) is 8.85. The van der Waals surface area contributed by atoms with Gasteiger partial charge in [0.05, 0.1) is 12.7 Å². The summed E-state index contributed by atoms with van der Waals surface area (Å²) < 4.78 is 4.74. The van der Waals surface area contributed by atoms with Crippen LogP contribution in [0.3, 0.4) is 0 Å². The van der Waals surface area contributed by atoms with Gasteiger partial charge < -0.3 is 15.0 Å². The molecule has 2 heterocycles. The molecule has 150 valence electrons. The molecule has 0 aliphatic carbocycles. The van der Waals surface area contributed by atoms with E-state index in [9.17, 15) is 9.59 Å². The van der Waals surface area contributed by atoms with Gasteiger partial charge in [-0.25, -0.2) is 9.59 Å². The van der Waals surface area contributed by atoms with E-state index in [0.717, 1.165) is 18.5 Å². The minimum atomic E-state index is -0.393. The molecular weight excluding hydrogens is 396 g/mol. The quantitative estimate of drug-likeness (QED) is 0.493. The Morgan fingerprint density at radius 3 is 2.63 bits per heavy atom. The van der Waals surface area contributed by atoms with Crippen LogP contribution in [0.25, 0.3) is 0 Å². The van der Waals surface area contributed by atoms with E-state index < -0.39 is 5.97 Å². The highest BCUT2D eigenvalue weighted by Crippen LogP contribution is 2.24. The molecule has 1 aromatic heterocycles. The number of carbonyl (C=O) groups is 2. The maximum Gasteiger partial charge on any atom is 0.337 e. The van der Waals surface area contributed by atoms with E-state index in [1.165, 1.54) is 17.6 Å². The van der Waals surface area contributed by atoms with Crippen LogP contribution in [-0.2, 0) is 17.7 Å². The van der Waals surface area contributed by atoms with Crippen LogP contribution in [0.1, 0.15) is 31.9 Å². The number of hydrogen-bond donors (Lipinski definition) is 1. The van der Waals surface area contributed by atoms with Crippen molar-refractivity contribution in [3.8, 4) is 11.8 Å². The van der Waals surface area contributed by atoms with Gasteiger partial charge in [-0.3, -0.25) is 0 Å². The molecule has 1 aliphatic rings. The molecule has 1 aliphatic heterocycles. The van der Waals surface area contributed by atoms with Crippen molar-refractivity contribution >= 4 is 29.0 Å². The zero-order valence-electron chi connectivity index (χ0n) is 16.5. The number of methoxy groups -OCH3 is 1. The molecule has 0 radical (unpaired) electrons. The molecule has 0 fully saturated rings. The summed E-state index contributed by atoms with van der Waals surface area (Å²) in [7, 11) is 1.35. The number of urea groups is 1. The summed E-state index contributed by atoms with van der Waals surface area (Å²) in [6, 6.07) is 16.4. The first-order valence-corrected chi connectivity index (χ1v) is 10.4. The van der Waals surface area contributed by atoms with Crippen LogP contribution in [0.4, 0.5) is 10.5 Å². The zero-order chi connectivity index (χ0) is 20.9. The van der Waals surface area contributed by atoms with Crippen molar-refractivity contribution in [3.05, 3.63) is 87.1 Å². The Morgan fingerprint density at radius 2 is 1.83 bits per heavy atom. The number of anilines is 1. The SMILES string of the molecule is COC(=O)c1cccc(C#Cc2cccc(NC(=O)N3CCc4sccc4C3)c2)c1. The van der Waals surface area contributed by atoms with E-state index in [4.69, 9.17) is 4.74 Å². The highest BCUT2D eigenvalue weighted by atomic mass is 32.1. The third-order valence-electron chi connectivity index (χ3n) is 4.84. The largest absolute Gasteiger partial charge is 0.465 e. The summed E-state index contributed by atoms with van der Waals surface area (Å²) in [5.74, 6) is 5.74. The third kappa shape index (κ3) is 4.53. The molecule has 0 saturated heterocycles. The Balaban J connectivity index is 1.44. The van der Waals surface area contributed by atoms with E-state index in [0.29, 0.717) is 23.4 Å². The summed E-state index contributed by atoms with van der Waals surface area (Å²) in [4.78, 5) is 27.5. The monoisotopic (exact) mass is 416 g/mol. The van der Waals surface area contributed by atoms with Gasteiger partial charge in [-0.15, -0.1) is 11.3 Å². The molecule has 4 rings (SSSR count). The van der Waals surface area contributed by atoms with Crippen molar-refractivity contribution in [2.75, 3.05) is 19.0 Å². The van der Waals surface area contributed by atoms with Gasteiger partial charge in [-0.1, -0.05) is 24.0 Å². The highest BCUT2D eigenvalue weighted by molar-refractivity contribution is 7.10. The summed E-state index contributed by atoms with van der Waals surface area (Å²) >= 11 is 1.75. The molecule has 3 aromatic rings. The van der Waals surface area contributed by atoms with Gasteiger partial charge in [0, 0.05) is 34.8 Å². The predicted molar refractivity (Wildman–Crippen MR) is 118 cm³/mol. The summed E-state index contributed by atoms with van der Waals surface area (Å²) in [6.07, 6.45) is 0.899. The predicted octanol–water partition coefficient (Wildman–Crippen LogP) is 4.52. The number of nitrogens with zero attached hydrogens (tertiary/aromatic N) is 1. The first kappa shape index (κ1) is 19.7. The minimum Gasteiger partial charge on any atom is -0.465 e. The number of esters is 1. The zero-order valence-corrected chi connectivity index (χ0v) is 17.3. The van der Waals surface area contributed by atoms with Gasteiger partial charge >= 0.3 is 12.0 Å². The fourth-order valence-electron chi connectivity index (χ4n) is 3.29. The lowest BCUT2D eigenvalue weighted by molar-refractivity contribution is 0.0600. The lowest BCUT2D eigenvalue weighted by Crippen LogP contribution is -2.38. The van der Waals surface area contributed by atoms with E-state index in [2.05, 4.69) is 28.6 Å². The molecule has 1 N–H and O–H groups in total. The summed E-state index contributed by atoms with van der Waals surface area (Å²) in [6.45, 7) is 1.36. The standard InChI is InChI=1S/C24H20N2O3S/c1-29-23(27)19-6-2-4-17(14-19)8-9-18-5-3-7-21(15-18)25-24(28)26-12-10-22-20(16-26)11-13-30-22/h2-7,11,13-15H,10,12,16H2,1H3,(H,25,28). The first-order valence-electron chi connectivity index (χ1n) is 9.54. The molecule has 0 unspecified atom stereocenters. The lowest BCUT2D eigenvalue weighted by atomic mass is 10.1. The van der Waals surface area contributed by atoms with Crippen LogP contribution >= 0.6 is 11.3 Å². The van der Waals surface area contributed by atoms with E-state index in [1.54, 1.807) is 29.5 Å². The van der Waals surface area contributed by atoms with E-state index in [1.807, 2.05) is 35.2 Å². The maximum absolute atomic E-state index is 12.7. The topological polar surface area (TPSA) is 58.6 Å². The average Bonchev–Trinajstić information content (AvgIpc) is 3.25. The summed E-state index contributed by atoms with van der Waals surface area (Å²) in [5, 5.41) is 5.04. The number of ether oxygens (including phenoxy) is 1. The Morgan fingerprint density at radius 1 is 1.07 bits per heavy atom. The molecular formula is C24H20N2O3S. The number of benzene rings is 2. The van der Waals surface area contributed by atoms with Crippen LogP contribution in [0.2, 0.25) is 0 Å². The molecule has 2 aromatic carbocycles. The Labute approximate surface area is 179 Å². The second-order valence-electron chi connectivity index (χ2n) is 6.87. The van der Waals surface area contributed by atoms with Crippen LogP contribution in [0.15, 0.2) is 60.0 Å². The molecule has 0 bridgehead atoms. The van der Waals surface area contributed by atoms with Crippen LogP contribution in [0.5, 0.6) is 0 Å². The fraction of sp³-hybridized carbons (Fsp3) is 0.167. The first-order chi connectivity index (χ1) is 14.6. The van der Waals surface area contributed by atoms with Gasteiger partial charge in [0.2, 0.25) is 0 Å². The molecule has 0 spiro atoms. The van der Waals surface area contributed by atoms with Gasteiger partial charge in [0.1, 0.15) is 0 Å². The van der Waals surface area contributed by atoms with Crippen molar-refractivity contribution in [2.45, 2.75) is 13.0 Å². The molecule has 2 amide bonds. The minimum absolute atomic E-state index is 0.109. The number of fused-ring (bicyclic) bond motifs is 1. The van der Waals surface area contributed by atoms with Crippen molar-refractivity contribution in [1.29, 1.82) is 0 Å². The van der Waals surface area contributed by atoms with Gasteiger partial charge in [-0.05, 0) is 59.8 Å². The Kier molecular flexibility index (Phi) is 5.82. The van der Waals surface area contributed by atoms with Crippen LogP contribution in [-0.4, -0.2) is 30.6 Å². The Hall–Kier alpha value is -3.56. The summed E-state index contributed by atoms with van der Waals surface area (Å²) in [5.41, 5.74) is 3.88. The van der Waals surface area contributed by atoms with Gasteiger partial charge in [0.25, 0.3) is 0 Å². The van der Waals surface area contributed by atoms with Crippen molar-refractivity contribution in [1.82, 2.24) is 4.90 Å². The normalized spacial score (nSPS) is 12.4. The number of hydrogen-bond acceptors (Lipinski definition) is 4. The lowest BCUT2D eigenvalue weighted by Gasteiger charge is -2.27. The number of amides is 2. The van der Waals surface area contributed by atoms with Gasteiger partial charge in [0.15, 0.2) is 0 Å². The maximum atomic E-state index is 12.7.